The predicted molar refractivity (Wildman–Crippen MR) is 115 cm³/mol. The van der Waals surface area contributed by atoms with Gasteiger partial charge in [0, 0.05) is 21.9 Å². The van der Waals surface area contributed by atoms with E-state index in [1.54, 1.807) is 10.8 Å². The molecule has 0 amide bonds. The van der Waals surface area contributed by atoms with Crippen LogP contribution in [0.2, 0.25) is 0 Å². The van der Waals surface area contributed by atoms with Crippen molar-refractivity contribution in [3.8, 4) is 5.69 Å². The van der Waals surface area contributed by atoms with Crippen molar-refractivity contribution in [2.45, 2.75) is 44.7 Å². The zero-order valence-corrected chi connectivity index (χ0v) is 17.2. The number of nitrogens with zero attached hydrogens (tertiary/aromatic N) is 3. The summed E-state index contributed by atoms with van der Waals surface area (Å²) in [5, 5.41) is 0.475. The van der Waals surface area contributed by atoms with Crippen LogP contribution in [0.5, 0.6) is 0 Å². The molecule has 4 rings (SSSR count). The van der Waals surface area contributed by atoms with Gasteiger partial charge in [-0.2, -0.15) is 0 Å². The third-order valence-corrected chi connectivity index (χ3v) is 5.91. The standard InChI is InChI=1S/C20H21IN4O2/c1-12-9-17-18(23-11-12)24(16-4-2-3-13(21)10-16)20(27)25(19(17)26)15-7-5-14(22)6-8-15/h2-4,9-11,14-15H,5-8,22H2,1H3. The van der Waals surface area contributed by atoms with Gasteiger partial charge in [-0.25, -0.2) is 14.3 Å². The molecular weight excluding hydrogens is 455 g/mol. The molecule has 1 saturated carbocycles. The van der Waals surface area contributed by atoms with Crippen LogP contribution in [-0.4, -0.2) is 20.2 Å². The van der Waals surface area contributed by atoms with Gasteiger partial charge in [0.1, 0.15) is 0 Å². The van der Waals surface area contributed by atoms with Gasteiger partial charge >= 0.3 is 5.69 Å². The lowest BCUT2D eigenvalue weighted by Crippen LogP contribution is -2.44. The van der Waals surface area contributed by atoms with Gasteiger partial charge in [-0.1, -0.05) is 6.07 Å². The Labute approximate surface area is 170 Å². The molecule has 0 unspecified atom stereocenters. The SMILES string of the molecule is Cc1cnc2c(c1)c(=O)n(C1CCC(N)CC1)c(=O)n2-c1cccc(I)c1. The number of rotatable bonds is 2. The highest BCUT2D eigenvalue weighted by Crippen LogP contribution is 2.26. The molecule has 2 N–H and O–H groups in total. The number of aromatic nitrogens is 3. The summed E-state index contributed by atoms with van der Waals surface area (Å²) in [6.07, 6.45) is 4.82. The maximum Gasteiger partial charge on any atom is 0.337 e. The molecule has 0 aliphatic heterocycles. The van der Waals surface area contributed by atoms with E-state index in [0.29, 0.717) is 11.0 Å². The van der Waals surface area contributed by atoms with E-state index >= 15 is 0 Å². The third-order valence-electron chi connectivity index (χ3n) is 5.23. The number of aryl methyl sites for hydroxylation is 1. The van der Waals surface area contributed by atoms with Crippen LogP contribution < -0.4 is 17.0 Å². The van der Waals surface area contributed by atoms with Crippen molar-refractivity contribution in [1.29, 1.82) is 0 Å². The number of pyridine rings is 1. The quantitative estimate of drug-likeness (QED) is 0.577. The molecule has 140 valence electrons. The number of benzene rings is 1. The molecule has 0 bridgehead atoms. The van der Waals surface area contributed by atoms with E-state index in [9.17, 15) is 9.59 Å². The summed E-state index contributed by atoms with van der Waals surface area (Å²) >= 11 is 2.22. The summed E-state index contributed by atoms with van der Waals surface area (Å²) in [6.45, 7) is 1.90. The van der Waals surface area contributed by atoms with E-state index in [2.05, 4.69) is 27.6 Å². The summed E-state index contributed by atoms with van der Waals surface area (Å²) in [6, 6.07) is 9.51. The Morgan fingerprint density at radius 3 is 2.59 bits per heavy atom. The smallest absolute Gasteiger partial charge is 0.328 e. The van der Waals surface area contributed by atoms with E-state index in [-0.39, 0.29) is 23.3 Å². The highest BCUT2D eigenvalue weighted by atomic mass is 127. The Hall–Kier alpha value is -2.00. The van der Waals surface area contributed by atoms with Crippen molar-refractivity contribution in [1.82, 2.24) is 14.1 Å². The van der Waals surface area contributed by atoms with Crippen molar-refractivity contribution in [2.75, 3.05) is 0 Å². The first-order chi connectivity index (χ1) is 13.0. The molecule has 6 nitrogen and oxygen atoms in total. The fourth-order valence-corrected chi connectivity index (χ4v) is 4.37. The first-order valence-corrected chi connectivity index (χ1v) is 10.2. The minimum atomic E-state index is -0.327. The second kappa shape index (κ2) is 7.20. The highest BCUT2D eigenvalue weighted by Gasteiger charge is 2.25. The molecule has 2 heterocycles. The van der Waals surface area contributed by atoms with Crippen LogP contribution in [-0.2, 0) is 0 Å². The topological polar surface area (TPSA) is 82.9 Å². The van der Waals surface area contributed by atoms with Crippen LogP contribution in [0, 0.1) is 10.5 Å². The molecule has 1 aliphatic carbocycles. The van der Waals surface area contributed by atoms with E-state index in [4.69, 9.17) is 5.73 Å². The van der Waals surface area contributed by atoms with Crippen LogP contribution in [0.4, 0.5) is 0 Å². The van der Waals surface area contributed by atoms with Crippen molar-refractivity contribution in [2.24, 2.45) is 5.73 Å². The molecule has 0 saturated heterocycles. The molecule has 0 atom stereocenters. The van der Waals surface area contributed by atoms with Crippen LogP contribution in [0.3, 0.4) is 0 Å². The highest BCUT2D eigenvalue weighted by molar-refractivity contribution is 14.1. The summed E-state index contributed by atoms with van der Waals surface area (Å²) in [4.78, 5) is 31.1. The molecule has 3 aromatic rings. The molecule has 1 aromatic carbocycles. The predicted octanol–water partition coefficient (Wildman–Crippen LogP) is 2.90. The molecule has 27 heavy (non-hydrogen) atoms. The molecule has 7 heteroatoms. The largest absolute Gasteiger partial charge is 0.337 e. The molecule has 1 fully saturated rings. The number of hydrogen-bond acceptors (Lipinski definition) is 4. The lowest BCUT2D eigenvalue weighted by atomic mass is 9.91. The monoisotopic (exact) mass is 476 g/mol. The van der Waals surface area contributed by atoms with Crippen LogP contribution in [0.1, 0.15) is 37.3 Å². The van der Waals surface area contributed by atoms with Crippen molar-refractivity contribution >= 4 is 33.6 Å². The first-order valence-electron chi connectivity index (χ1n) is 9.11. The number of nitrogens with two attached hydrogens (primary N) is 1. The van der Waals surface area contributed by atoms with Crippen molar-refractivity contribution in [3.05, 3.63) is 66.5 Å². The minimum absolute atomic E-state index is 0.122. The molecule has 1 aliphatic rings. The fourth-order valence-electron chi connectivity index (χ4n) is 3.84. The van der Waals surface area contributed by atoms with Gasteiger partial charge in [0.15, 0.2) is 5.65 Å². The Morgan fingerprint density at radius 2 is 1.89 bits per heavy atom. The number of fused-ring (bicyclic) bond motifs is 1. The van der Waals surface area contributed by atoms with Crippen molar-refractivity contribution in [3.63, 3.8) is 0 Å². The van der Waals surface area contributed by atoms with Crippen molar-refractivity contribution < 1.29 is 0 Å². The summed E-state index contributed by atoms with van der Waals surface area (Å²) in [5.41, 5.74) is 7.45. The minimum Gasteiger partial charge on any atom is -0.328 e. The zero-order valence-electron chi connectivity index (χ0n) is 15.1. The van der Waals surface area contributed by atoms with Gasteiger partial charge in [-0.3, -0.25) is 9.36 Å². The van der Waals surface area contributed by atoms with Crippen LogP contribution in [0.25, 0.3) is 16.7 Å². The second-order valence-corrected chi connectivity index (χ2v) is 8.47. The average molecular weight is 476 g/mol. The van der Waals surface area contributed by atoms with Crippen LogP contribution >= 0.6 is 22.6 Å². The Morgan fingerprint density at radius 1 is 1.15 bits per heavy atom. The molecular formula is C20H21IN4O2. The van der Waals surface area contributed by atoms with Gasteiger partial charge in [-0.05, 0) is 85.0 Å². The number of halogens is 1. The summed E-state index contributed by atoms with van der Waals surface area (Å²) in [7, 11) is 0. The maximum absolute atomic E-state index is 13.4. The molecule has 0 radical (unpaired) electrons. The Bertz CT molecular complexity index is 1130. The zero-order chi connectivity index (χ0) is 19.1. The van der Waals surface area contributed by atoms with E-state index in [1.807, 2.05) is 37.3 Å². The fraction of sp³-hybridized carbons (Fsp3) is 0.350. The Balaban J connectivity index is 2.04. The Kier molecular flexibility index (Phi) is 4.90. The molecule has 2 aromatic heterocycles. The molecule has 0 spiro atoms. The number of hydrogen-bond donors (Lipinski definition) is 1. The lowest BCUT2D eigenvalue weighted by molar-refractivity contribution is 0.309. The van der Waals surface area contributed by atoms with Gasteiger partial charge in [0.2, 0.25) is 0 Å². The van der Waals surface area contributed by atoms with E-state index in [0.717, 1.165) is 40.5 Å². The normalized spacial score (nSPS) is 20.1. The summed E-state index contributed by atoms with van der Waals surface area (Å²) < 4.78 is 4.00. The van der Waals surface area contributed by atoms with Gasteiger partial charge in [0.05, 0.1) is 11.1 Å². The second-order valence-electron chi connectivity index (χ2n) is 7.23. The maximum atomic E-state index is 13.4. The van der Waals surface area contributed by atoms with E-state index < -0.39 is 0 Å². The van der Waals surface area contributed by atoms with E-state index in [1.165, 1.54) is 4.57 Å². The van der Waals surface area contributed by atoms with Gasteiger partial charge in [0.25, 0.3) is 5.56 Å². The third kappa shape index (κ3) is 3.34. The van der Waals surface area contributed by atoms with Gasteiger partial charge < -0.3 is 5.73 Å². The average Bonchev–Trinajstić information content (AvgIpc) is 2.64. The summed E-state index contributed by atoms with van der Waals surface area (Å²) in [5.74, 6) is 0. The lowest BCUT2D eigenvalue weighted by Gasteiger charge is -2.28. The van der Waals surface area contributed by atoms with Crippen LogP contribution in [0.15, 0.2) is 46.1 Å². The van der Waals surface area contributed by atoms with Gasteiger partial charge in [-0.15, -0.1) is 0 Å². The first kappa shape index (κ1) is 18.4.